The van der Waals surface area contributed by atoms with Crippen LogP contribution in [-0.4, -0.2) is 41.5 Å². The number of benzene rings is 1. The average molecular weight is 415 g/mol. The van der Waals surface area contributed by atoms with Crippen molar-refractivity contribution in [3.63, 3.8) is 0 Å². The summed E-state index contributed by atoms with van der Waals surface area (Å²) in [6, 6.07) is 10.1. The fourth-order valence-corrected chi connectivity index (χ4v) is 5.25. The summed E-state index contributed by atoms with van der Waals surface area (Å²) in [7, 11) is 0. The molecule has 0 unspecified atom stereocenters. The molecule has 1 fully saturated rings. The maximum atomic E-state index is 12.5. The molecule has 0 bridgehead atoms. The predicted octanol–water partition coefficient (Wildman–Crippen LogP) is 4.24. The van der Waals surface area contributed by atoms with E-state index in [1.54, 1.807) is 22.7 Å². The molecule has 5 nitrogen and oxygen atoms in total. The minimum Gasteiger partial charge on any atom is -0.456 e. The van der Waals surface area contributed by atoms with Crippen molar-refractivity contribution in [1.29, 1.82) is 0 Å². The highest BCUT2D eigenvalue weighted by Crippen LogP contribution is 2.32. The van der Waals surface area contributed by atoms with Gasteiger partial charge in [-0.05, 0) is 53.8 Å². The molecule has 1 saturated heterocycles. The van der Waals surface area contributed by atoms with Crippen LogP contribution in [0.15, 0.2) is 41.1 Å². The Hall–Kier alpha value is -2.25. The zero-order valence-electron chi connectivity index (χ0n) is 15.5. The van der Waals surface area contributed by atoms with Crippen LogP contribution >= 0.6 is 22.7 Å². The zero-order valence-corrected chi connectivity index (χ0v) is 17.1. The van der Waals surface area contributed by atoms with Crippen molar-refractivity contribution >= 4 is 44.8 Å². The summed E-state index contributed by atoms with van der Waals surface area (Å²) in [5.41, 5.74) is 2.15. The van der Waals surface area contributed by atoms with E-state index in [0.29, 0.717) is 25.9 Å². The van der Waals surface area contributed by atoms with Crippen LogP contribution in [0.5, 0.6) is 0 Å². The zero-order chi connectivity index (χ0) is 19.3. The van der Waals surface area contributed by atoms with Crippen LogP contribution in [0, 0.1) is 0 Å². The first-order chi connectivity index (χ1) is 13.7. The lowest BCUT2D eigenvalue weighted by Crippen LogP contribution is -2.41. The Balaban J connectivity index is 1.28. The van der Waals surface area contributed by atoms with Gasteiger partial charge in [-0.2, -0.15) is 11.3 Å². The molecule has 2 aromatic heterocycles. The molecule has 0 saturated carbocycles. The van der Waals surface area contributed by atoms with Gasteiger partial charge in [0, 0.05) is 25.4 Å². The lowest BCUT2D eigenvalue weighted by atomic mass is 9.99. The van der Waals surface area contributed by atoms with Gasteiger partial charge in [-0.3, -0.25) is 9.59 Å². The summed E-state index contributed by atoms with van der Waals surface area (Å²) in [4.78, 5) is 31.0. The molecule has 0 radical (unpaired) electrons. The summed E-state index contributed by atoms with van der Waals surface area (Å²) in [6.07, 6.45) is 2.93. The van der Waals surface area contributed by atoms with Crippen molar-refractivity contribution in [3.8, 4) is 0 Å². The molecule has 0 N–H and O–H groups in total. The fourth-order valence-electron chi connectivity index (χ4n) is 3.46. The Morgan fingerprint density at radius 2 is 2.14 bits per heavy atom. The normalized spacial score (nSPS) is 17.0. The number of hydrogen-bond acceptors (Lipinski definition) is 6. The molecule has 4 rings (SSSR count). The number of ether oxygens (including phenoxy) is 1. The molecule has 7 heteroatoms. The van der Waals surface area contributed by atoms with E-state index in [1.807, 2.05) is 39.9 Å². The molecule has 0 aliphatic carbocycles. The van der Waals surface area contributed by atoms with Gasteiger partial charge in [0.15, 0.2) is 6.61 Å². The van der Waals surface area contributed by atoms with Gasteiger partial charge in [-0.25, -0.2) is 4.98 Å². The van der Waals surface area contributed by atoms with Crippen molar-refractivity contribution in [2.75, 3.05) is 19.7 Å². The molecule has 28 heavy (non-hydrogen) atoms. The van der Waals surface area contributed by atoms with Gasteiger partial charge < -0.3 is 9.64 Å². The molecule has 3 heterocycles. The number of esters is 1. The lowest BCUT2D eigenvalue weighted by molar-refractivity contribution is -0.152. The third-order valence-corrected chi connectivity index (χ3v) is 6.92. The number of hydrogen-bond donors (Lipinski definition) is 0. The third kappa shape index (κ3) is 4.59. The molecule has 1 atom stereocenters. The molecular weight excluding hydrogens is 392 g/mol. The number of rotatable bonds is 6. The van der Waals surface area contributed by atoms with Crippen LogP contribution in [0.1, 0.15) is 35.8 Å². The standard InChI is InChI=1S/C21H22N2O3S2/c24-19(13-26-20(25)8-7-15-9-11-27-14-15)23-10-3-4-16(12-23)21-22-17-5-1-2-6-18(17)28-21/h1-2,5-6,9,11,14,16H,3-4,7-8,10,12-13H2/t16-/m0/s1. The van der Waals surface area contributed by atoms with Crippen LogP contribution in [0.25, 0.3) is 10.2 Å². The molecule has 1 aromatic carbocycles. The van der Waals surface area contributed by atoms with Crippen LogP contribution in [0.3, 0.4) is 0 Å². The molecule has 146 valence electrons. The van der Waals surface area contributed by atoms with Crippen LogP contribution < -0.4 is 0 Å². The number of piperidine rings is 1. The monoisotopic (exact) mass is 414 g/mol. The maximum Gasteiger partial charge on any atom is 0.306 e. The summed E-state index contributed by atoms with van der Waals surface area (Å²) in [5, 5.41) is 5.10. The van der Waals surface area contributed by atoms with Gasteiger partial charge in [-0.15, -0.1) is 11.3 Å². The second-order valence-corrected chi connectivity index (χ2v) is 8.83. The highest BCUT2D eigenvalue weighted by molar-refractivity contribution is 7.18. The Labute approximate surface area is 172 Å². The number of thiophene rings is 1. The molecule has 1 amide bonds. The van der Waals surface area contributed by atoms with Crippen molar-refractivity contribution in [1.82, 2.24) is 9.88 Å². The van der Waals surface area contributed by atoms with E-state index < -0.39 is 0 Å². The number of amides is 1. The Morgan fingerprint density at radius 3 is 2.96 bits per heavy atom. The van der Waals surface area contributed by atoms with Crippen LogP contribution in [-0.2, 0) is 20.7 Å². The maximum absolute atomic E-state index is 12.5. The van der Waals surface area contributed by atoms with Gasteiger partial charge in [-0.1, -0.05) is 12.1 Å². The molecule has 0 spiro atoms. The van der Waals surface area contributed by atoms with E-state index in [-0.39, 0.29) is 24.4 Å². The van der Waals surface area contributed by atoms with Gasteiger partial charge in [0.2, 0.25) is 0 Å². The second-order valence-electron chi connectivity index (χ2n) is 6.99. The van der Waals surface area contributed by atoms with Crippen LogP contribution in [0.4, 0.5) is 0 Å². The van der Waals surface area contributed by atoms with E-state index in [0.717, 1.165) is 28.9 Å². The van der Waals surface area contributed by atoms with Gasteiger partial charge in [0.25, 0.3) is 5.91 Å². The number of fused-ring (bicyclic) bond motifs is 1. The van der Waals surface area contributed by atoms with Crippen LogP contribution in [0.2, 0.25) is 0 Å². The minimum atomic E-state index is -0.320. The van der Waals surface area contributed by atoms with E-state index >= 15 is 0 Å². The number of carbonyl (C=O) groups excluding carboxylic acids is 2. The fraction of sp³-hybridized carbons (Fsp3) is 0.381. The number of likely N-dealkylation sites (tertiary alicyclic amines) is 1. The van der Waals surface area contributed by atoms with Crippen molar-refractivity contribution in [2.24, 2.45) is 0 Å². The third-order valence-electron chi connectivity index (χ3n) is 4.99. The average Bonchev–Trinajstić information content (AvgIpc) is 3.40. The van der Waals surface area contributed by atoms with Gasteiger partial charge >= 0.3 is 5.97 Å². The second kappa shape index (κ2) is 8.84. The molecule has 1 aliphatic rings. The minimum absolute atomic E-state index is 0.116. The molecule has 3 aromatic rings. The summed E-state index contributed by atoms with van der Waals surface area (Å²) < 4.78 is 6.39. The number of para-hydroxylation sites is 1. The van der Waals surface area contributed by atoms with E-state index in [9.17, 15) is 9.59 Å². The van der Waals surface area contributed by atoms with Crippen molar-refractivity contribution < 1.29 is 14.3 Å². The van der Waals surface area contributed by atoms with E-state index in [4.69, 9.17) is 9.72 Å². The first kappa shape index (κ1) is 19.1. The summed E-state index contributed by atoms with van der Waals surface area (Å²) in [5.74, 6) is -0.182. The first-order valence-corrected chi connectivity index (χ1v) is 11.2. The number of aromatic nitrogens is 1. The van der Waals surface area contributed by atoms with Crippen molar-refractivity contribution in [3.05, 3.63) is 51.7 Å². The lowest BCUT2D eigenvalue weighted by Gasteiger charge is -2.31. The number of carbonyl (C=O) groups is 2. The van der Waals surface area contributed by atoms with Gasteiger partial charge in [0.05, 0.1) is 15.2 Å². The quantitative estimate of drug-likeness (QED) is 0.566. The smallest absolute Gasteiger partial charge is 0.306 e. The number of thiazole rings is 1. The van der Waals surface area contributed by atoms with Gasteiger partial charge in [0.1, 0.15) is 0 Å². The highest BCUT2D eigenvalue weighted by Gasteiger charge is 2.27. The number of nitrogens with zero attached hydrogens (tertiary/aromatic N) is 2. The molecule has 1 aliphatic heterocycles. The SMILES string of the molecule is O=C(CCc1ccsc1)OCC(=O)N1CCC[C@H](c2nc3ccccc3s2)C1. The number of aryl methyl sites for hydroxylation is 1. The Bertz CT molecular complexity index is 919. The summed E-state index contributed by atoms with van der Waals surface area (Å²) >= 11 is 3.32. The van der Waals surface area contributed by atoms with Crippen molar-refractivity contribution in [2.45, 2.75) is 31.6 Å². The van der Waals surface area contributed by atoms with E-state index in [2.05, 4.69) is 6.07 Å². The Morgan fingerprint density at radius 1 is 1.25 bits per heavy atom. The largest absolute Gasteiger partial charge is 0.456 e. The summed E-state index contributed by atoms with van der Waals surface area (Å²) in [6.45, 7) is 1.19. The topological polar surface area (TPSA) is 59.5 Å². The Kier molecular flexibility index (Phi) is 6.02. The van der Waals surface area contributed by atoms with E-state index in [1.165, 1.54) is 4.70 Å². The predicted molar refractivity (Wildman–Crippen MR) is 112 cm³/mol. The molecular formula is C21H22N2O3S2. The highest BCUT2D eigenvalue weighted by atomic mass is 32.1. The first-order valence-electron chi connectivity index (χ1n) is 9.49.